The molecule has 6 heteroatoms. The summed E-state index contributed by atoms with van der Waals surface area (Å²) in [6.07, 6.45) is 0. The maximum Gasteiger partial charge on any atom is 0.258 e. The second kappa shape index (κ2) is 6.81. The van der Waals surface area contributed by atoms with E-state index >= 15 is 0 Å². The highest BCUT2D eigenvalue weighted by Crippen LogP contribution is 2.32. The molecule has 0 saturated carbocycles. The van der Waals surface area contributed by atoms with E-state index in [0.29, 0.717) is 42.7 Å². The summed E-state index contributed by atoms with van der Waals surface area (Å²) >= 11 is 5.91. The summed E-state index contributed by atoms with van der Waals surface area (Å²) in [6, 6.07) is 5.14. The van der Waals surface area contributed by atoms with Crippen LogP contribution in [0.1, 0.15) is 10.4 Å². The molecular weight excluding hydrogens is 282 g/mol. The molecule has 5 nitrogen and oxygen atoms in total. The van der Waals surface area contributed by atoms with Crippen molar-refractivity contribution in [3.8, 4) is 11.5 Å². The van der Waals surface area contributed by atoms with Gasteiger partial charge in [-0.05, 0) is 12.1 Å². The Bertz CT molecular complexity index is 480. The van der Waals surface area contributed by atoms with Crippen LogP contribution in [0.2, 0.25) is 0 Å². The number of para-hydroxylation sites is 1. The van der Waals surface area contributed by atoms with E-state index in [9.17, 15) is 4.79 Å². The van der Waals surface area contributed by atoms with Gasteiger partial charge in [0.15, 0.2) is 11.5 Å². The summed E-state index contributed by atoms with van der Waals surface area (Å²) in [5.74, 6) is 1.21. The molecule has 0 bridgehead atoms. The highest BCUT2D eigenvalue weighted by atomic mass is 35.5. The molecule has 1 aromatic rings. The van der Waals surface area contributed by atoms with E-state index in [1.807, 2.05) is 0 Å². The zero-order valence-corrected chi connectivity index (χ0v) is 12.4. The number of rotatable bonds is 4. The van der Waals surface area contributed by atoms with Gasteiger partial charge in [-0.15, -0.1) is 11.6 Å². The van der Waals surface area contributed by atoms with Crippen LogP contribution in [0.5, 0.6) is 11.5 Å². The Morgan fingerprint density at radius 2 is 2.25 bits per heavy atom. The first-order valence-corrected chi connectivity index (χ1v) is 6.92. The maximum absolute atomic E-state index is 12.7. The predicted molar refractivity (Wildman–Crippen MR) is 75.9 cm³/mol. The van der Waals surface area contributed by atoms with Crippen LogP contribution in [0.25, 0.3) is 0 Å². The van der Waals surface area contributed by atoms with Crippen LogP contribution in [-0.4, -0.2) is 56.7 Å². The van der Waals surface area contributed by atoms with Crippen LogP contribution in [0.3, 0.4) is 0 Å². The van der Waals surface area contributed by atoms with Crippen LogP contribution in [0.4, 0.5) is 0 Å². The standard InChI is InChI=1S/C14H18ClNO4/c1-18-12-5-3-4-11(13(12)19-2)14(17)16-6-7-20-9-10(16)8-15/h3-5,10H,6-9H2,1-2H3. The number of morpholine rings is 1. The number of halogens is 1. The predicted octanol–water partition coefficient (Wildman–Crippen LogP) is 1.78. The van der Waals surface area contributed by atoms with Crippen molar-refractivity contribution in [3.05, 3.63) is 23.8 Å². The Morgan fingerprint density at radius 1 is 1.45 bits per heavy atom. The molecule has 110 valence electrons. The molecular formula is C14H18ClNO4. The quantitative estimate of drug-likeness (QED) is 0.795. The monoisotopic (exact) mass is 299 g/mol. The molecule has 0 radical (unpaired) electrons. The molecule has 1 heterocycles. The molecule has 0 aliphatic carbocycles. The number of alkyl halides is 1. The van der Waals surface area contributed by atoms with Gasteiger partial charge in [-0.2, -0.15) is 0 Å². The number of carbonyl (C=O) groups is 1. The van der Waals surface area contributed by atoms with E-state index in [1.165, 1.54) is 7.11 Å². The molecule has 0 spiro atoms. The van der Waals surface area contributed by atoms with Crippen molar-refractivity contribution >= 4 is 17.5 Å². The lowest BCUT2D eigenvalue weighted by atomic mass is 10.1. The lowest BCUT2D eigenvalue weighted by molar-refractivity contribution is 0.00438. The number of amides is 1. The van der Waals surface area contributed by atoms with Gasteiger partial charge in [-0.25, -0.2) is 0 Å². The van der Waals surface area contributed by atoms with Gasteiger partial charge in [-0.3, -0.25) is 4.79 Å². The fourth-order valence-corrected chi connectivity index (χ4v) is 2.52. The first-order valence-electron chi connectivity index (χ1n) is 6.38. The summed E-state index contributed by atoms with van der Waals surface area (Å²) in [7, 11) is 3.06. The van der Waals surface area contributed by atoms with E-state index in [2.05, 4.69) is 0 Å². The van der Waals surface area contributed by atoms with Gasteiger partial charge >= 0.3 is 0 Å². The molecule has 1 unspecified atom stereocenters. The average molecular weight is 300 g/mol. The summed E-state index contributed by atoms with van der Waals surface area (Å²) in [5, 5.41) is 0. The lowest BCUT2D eigenvalue weighted by Crippen LogP contribution is -2.49. The number of nitrogens with zero attached hydrogens (tertiary/aromatic N) is 1. The molecule has 1 aromatic carbocycles. The molecule has 2 rings (SSSR count). The minimum absolute atomic E-state index is 0.116. The minimum Gasteiger partial charge on any atom is -0.493 e. The number of benzene rings is 1. The van der Waals surface area contributed by atoms with Crippen molar-refractivity contribution < 1.29 is 19.0 Å². The van der Waals surface area contributed by atoms with Crippen LogP contribution in [0, 0.1) is 0 Å². The molecule has 1 amide bonds. The van der Waals surface area contributed by atoms with Crippen molar-refractivity contribution in [1.29, 1.82) is 0 Å². The fourth-order valence-electron chi connectivity index (χ4n) is 2.26. The number of carbonyl (C=O) groups excluding carboxylic acids is 1. The van der Waals surface area contributed by atoms with Crippen LogP contribution in [-0.2, 0) is 4.74 Å². The summed E-state index contributed by atoms with van der Waals surface area (Å²) in [4.78, 5) is 14.4. The molecule has 1 fully saturated rings. The molecule has 1 saturated heterocycles. The molecule has 0 N–H and O–H groups in total. The Labute approximate surface area is 123 Å². The van der Waals surface area contributed by atoms with Crippen molar-refractivity contribution in [2.75, 3.05) is 39.9 Å². The molecule has 0 aromatic heterocycles. The number of hydrogen-bond donors (Lipinski definition) is 0. The fraction of sp³-hybridized carbons (Fsp3) is 0.500. The Balaban J connectivity index is 2.32. The topological polar surface area (TPSA) is 48.0 Å². The maximum atomic E-state index is 12.7. The smallest absolute Gasteiger partial charge is 0.258 e. The Hall–Kier alpha value is -1.46. The SMILES string of the molecule is COc1cccc(C(=O)N2CCOCC2CCl)c1OC. The van der Waals surface area contributed by atoms with Gasteiger partial charge in [-0.1, -0.05) is 6.07 Å². The number of ether oxygens (including phenoxy) is 3. The Morgan fingerprint density at radius 3 is 2.90 bits per heavy atom. The van der Waals surface area contributed by atoms with Crippen molar-refractivity contribution in [1.82, 2.24) is 4.90 Å². The van der Waals surface area contributed by atoms with Crippen molar-refractivity contribution in [2.24, 2.45) is 0 Å². The van der Waals surface area contributed by atoms with E-state index in [-0.39, 0.29) is 11.9 Å². The van der Waals surface area contributed by atoms with Gasteiger partial charge in [0.2, 0.25) is 0 Å². The third kappa shape index (κ3) is 2.83. The van der Waals surface area contributed by atoms with E-state index in [0.717, 1.165) is 0 Å². The lowest BCUT2D eigenvalue weighted by Gasteiger charge is -2.34. The second-order valence-corrected chi connectivity index (χ2v) is 4.73. The minimum atomic E-state index is -0.117. The molecule has 1 aliphatic rings. The Kier molecular flexibility index (Phi) is 5.09. The van der Waals surface area contributed by atoms with Crippen LogP contribution in [0.15, 0.2) is 18.2 Å². The van der Waals surface area contributed by atoms with Crippen LogP contribution < -0.4 is 9.47 Å². The number of hydrogen-bond acceptors (Lipinski definition) is 4. The van der Waals surface area contributed by atoms with Gasteiger partial charge in [0, 0.05) is 12.4 Å². The van der Waals surface area contributed by atoms with Crippen molar-refractivity contribution in [3.63, 3.8) is 0 Å². The summed E-state index contributed by atoms with van der Waals surface area (Å²) in [5.41, 5.74) is 0.476. The van der Waals surface area contributed by atoms with Gasteiger partial charge in [0.25, 0.3) is 5.91 Å². The molecule has 1 atom stereocenters. The largest absolute Gasteiger partial charge is 0.493 e. The number of methoxy groups -OCH3 is 2. The van der Waals surface area contributed by atoms with E-state index in [1.54, 1.807) is 30.2 Å². The van der Waals surface area contributed by atoms with Crippen LogP contribution >= 0.6 is 11.6 Å². The zero-order valence-electron chi connectivity index (χ0n) is 11.6. The van der Waals surface area contributed by atoms with Crippen molar-refractivity contribution in [2.45, 2.75) is 6.04 Å². The first-order chi connectivity index (χ1) is 9.72. The van der Waals surface area contributed by atoms with E-state index in [4.69, 9.17) is 25.8 Å². The third-order valence-electron chi connectivity index (χ3n) is 3.30. The normalized spacial score (nSPS) is 18.8. The summed E-state index contributed by atoms with van der Waals surface area (Å²) < 4.78 is 15.9. The van der Waals surface area contributed by atoms with Gasteiger partial charge < -0.3 is 19.1 Å². The first kappa shape index (κ1) is 14.9. The van der Waals surface area contributed by atoms with Gasteiger partial charge in [0.05, 0.1) is 39.0 Å². The van der Waals surface area contributed by atoms with E-state index < -0.39 is 0 Å². The summed E-state index contributed by atoms with van der Waals surface area (Å²) in [6.45, 7) is 1.50. The third-order valence-corrected chi connectivity index (χ3v) is 3.66. The second-order valence-electron chi connectivity index (χ2n) is 4.42. The zero-order chi connectivity index (χ0) is 14.5. The molecule has 1 aliphatic heterocycles. The van der Waals surface area contributed by atoms with Gasteiger partial charge in [0.1, 0.15) is 0 Å². The highest BCUT2D eigenvalue weighted by molar-refractivity contribution is 6.18. The molecule has 20 heavy (non-hydrogen) atoms. The highest BCUT2D eigenvalue weighted by Gasteiger charge is 2.29. The average Bonchev–Trinajstić information content (AvgIpc) is 2.53.